The zero-order valence-corrected chi connectivity index (χ0v) is 26.0. The minimum absolute atomic E-state index is 0.0107. The van der Waals surface area contributed by atoms with Gasteiger partial charge in [0.05, 0.1) is 27.0 Å². The van der Waals surface area contributed by atoms with E-state index >= 15 is 0 Å². The number of anilines is 1. The van der Waals surface area contributed by atoms with E-state index < -0.39 is 28.5 Å². The molecule has 4 rings (SSSR count). The number of sulfonamides is 1. The van der Waals surface area contributed by atoms with Crippen LogP contribution in [0.2, 0.25) is 5.02 Å². The van der Waals surface area contributed by atoms with Gasteiger partial charge >= 0.3 is 5.97 Å². The Kier molecular flexibility index (Phi) is 10.3. The van der Waals surface area contributed by atoms with Crippen molar-refractivity contribution in [3.8, 4) is 16.9 Å². The SMILES string of the molecule is CCN(CC)S(=O)(=O)c1ccc(Cl)c(NC(=O)COC(=O)/C=C/c2cn(-c3ccccc3)nc2-c2ccc(Br)cc2)c1. The predicted molar refractivity (Wildman–Crippen MR) is 167 cm³/mol. The quantitative estimate of drug-likeness (QED) is 0.151. The summed E-state index contributed by atoms with van der Waals surface area (Å²) in [5.41, 5.74) is 3.11. The van der Waals surface area contributed by atoms with Crippen molar-refractivity contribution in [2.45, 2.75) is 18.7 Å². The number of para-hydroxylation sites is 1. The third-order valence-electron chi connectivity index (χ3n) is 6.18. The molecular formula is C30H28BrClN4O5S. The van der Waals surface area contributed by atoms with Crippen molar-refractivity contribution in [2.24, 2.45) is 0 Å². The number of aromatic nitrogens is 2. The molecule has 0 saturated heterocycles. The molecule has 1 heterocycles. The molecular weight excluding hydrogens is 644 g/mol. The number of carbonyl (C=O) groups excluding carboxylic acids is 2. The van der Waals surface area contributed by atoms with E-state index in [2.05, 4.69) is 21.2 Å². The van der Waals surface area contributed by atoms with Gasteiger partial charge in [0.25, 0.3) is 5.91 Å². The van der Waals surface area contributed by atoms with Crippen LogP contribution < -0.4 is 5.32 Å². The number of halogens is 2. The van der Waals surface area contributed by atoms with E-state index in [1.54, 1.807) is 30.8 Å². The Hall–Kier alpha value is -3.77. The molecule has 1 aromatic heterocycles. The lowest BCUT2D eigenvalue weighted by molar-refractivity contribution is -0.142. The molecule has 0 aliphatic heterocycles. The molecule has 0 bridgehead atoms. The fourth-order valence-corrected chi connectivity index (χ4v) is 5.97. The van der Waals surface area contributed by atoms with Crippen LogP contribution in [0.4, 0.5) is 5.69 Å². The fourth-order valence-electron chi connectivity index (χ4n) is 4.06. The number of hydrogen-bond donors (Lipinski definition) is 1. The molecule has 42 heavy (non-hydrogen) atoms. The summed E-state index contributed by atoms with van der Waals surface area (Å²) in [4.78, 5) is 25.0. The first-order valence-corrected chi connectivity index (χ1v) is 15.6. The zero-order chi connectivity index (χ0) is 30.3. The van der Waals surface area contributed by atoms with E-state index in [4.69, 9.17) is 21.4 Å². The summed E-state index contributed by atoms with van der Waals surface area (Å²) in [6.07, 6.45) is 4.58. The van der Waals surface area contributed by atoms with Gasteiger partial charge in [-0.1, -0.05) is 71.7 Å². The van der Waals surface area contributed by atoms with Gasteiger partial charge in [0.15, 0.2) is 6.61 Å². The van der Waals surface area contributed by atoms with Gasteiger partial charge in [0.1, 0.15) is 0 Å². The number of amides is 1. The lowest BCUT2D eigenvalue weighted by Gasteiger charge is -2.19. The monoisotopic (exact) mass is 670 g/mol. The van der Waals surface area contributed by atoms with E-state index in [0.717, 1.165) is 15.7 Å². The second-order valence-corrected chi connectivity index (χ2v) is 12.2. The minimum Gasteiger partial charge on any atom is -0.452 e. The average Bonchev–Trinajstić information content (AvgIpc) is 3.41. The molecule has 12 heteroatoms. The van der Waals surface area contributed by atoms with Gasteiger partial charge in [-0.3, -0.25) is 4.79 Å². The van der Waals surface area contributed by atoms with Crippen LogP contribution in [-0.4, -0.2) is 54.1 Å². The third-order valence-corrected chi connectivity index (χ3v) is 9.08. The van der Waals surface area contributed by atoms with Crippen LogP contribution >= 0.6 is 27.5 Å². The van der Waals surface area contributed by atoms with Crippen molar-refractivity contribution in [3.05, 3.63) is 100 Å². The molecule has 4 aromatic rings. The van der Waals surface area contributed by atoms with E-state index in [-0.39, 0.29) is 15.6 Å². The molecule has 0 aliphatic rings. The number of ether oxygens (including phenoxy) is 1. The smallest absolute Gasteiger partial charge is 0.331 e. The summed E-state index contributed by atoms with van der Waals surface area (Å²) in [5, 5.41) is 7.36. The summed E-state index contributed by atoms with van der Waals surface area (Å²) in [6.45, 7) is 3.46. The van der Waals surface area contributed by atoms with Crippen LogP contribution in [0.3, 0.4) is 0 Å². The first-order valence-electron chi connectivity index (χ1n) is 13.0. The average molecular weight is 672 g/mol. The highest BCUT2D eigenvalue weighted by molar-refractivity contribution is 9.10. The second kappa shape index (κ2) is 13.9. The maximum atomic E-state index is 12.8. The normalized spacial score (nSPS) is 11.6. The third kappa shape index (κ3) is 7.54. The van der Waals surface area contributed by atoms with Gasteiger partial charge in [0.2, 0.25) is 10.0 Å². The first-order chi connectivity index (χ1) is 20.1. The van der Waals surface area contributed by atoms with Crippen molar-refractivity contribution in [3.63, 3.8) is 0 Å². The largest absolute Gasteiger partial charge is 0.452 e. The van der Waals surface area contributed by atoms with Gasteiger partial charge in [0, 0.05) is 41.0 Å². The van der Waals surface area contributed by atoms with E-state index in [1.165, 1.54) is 28.6 Å². The van der Waals surface area contributed by atoms with Crippen molar-refractivity contribution in [2.75, 3.05) is 25.0 Å². The Morgan fingerprint density at radius 3 is 2.40 bits per heavy atom. The molecule has 0 radical (unpaired) electrons. The van der Waals surface area contributed by atoms with Crippen molar-refractivity contribution >= 4 is 61.2 Å². The molecule has 0 unspecified atom stereocenters. The zero-order valence-electron chi connectivity index (χ0n) is 22.8. The van der Waals surface area contributed by atoms with Gasteiger partial charge < -0.3 is 10.1 Å². The minimum atomic E-state index is -3.76. The maximum Gasteiger partial charge on any atom is 0.331 e. The predicted octanol–water partition coefficient (Wildman–Crippen LogP) is 6.18. The Morgan fingerprint density at radius 2 is 1.74 bits per heavy atom. The molecule has 3 aromatic carbocycles. The van der Waals surface area contributed by atoms with Gasteiger partial charge in [-0.15, -0.1) is 0 Å². The first kappa shape index (κ1) is 31.2. The van der Waals surface area contributed by atoms with Crippen LogP contribution in [0.5, 0.6) is 0 Å². The Labute approximate surface area is 257 Å². The number of rotatable bonds is 11. The van der Waals surface area contributed by atoms with Gasteiger partial charge in [-0.2, -0.15) is 9.40 Å². The molecule has 0 atom stereocenters. The maximum absolute atomic E-state index is 12.8. The van der Waals surface area contributed by atoms with Crippen molar-refractivity contribution in [1.29, 1.82) is 0 Å². The standard InChI is InChI=1S/C30H28BrClN4O5S/c1-3-35(4-2)42(39,40)25-15-16-26(32)27(18-25)33-28(37)20-41-29(38)17-12-22-19-36(24-8-6-5-7-9-24)34-30(22)21-10-13-23(31)14-11-21/h5-19H,3-4,20H2,1-2H3,(H,33,37)/b17-12+. The number of carbonyl (C=O) groups is 2. The molecule has 218 valence electrons. The van der Waals surface area contributed by atoms with Crippen molar-refractivity contribution in [1.82, 2.24) is 14.1 Å². The fraction of sp³-hybridized carbons (Fsp3) is 0.167. The summed E-state index contributed by atoms with van der Waals surface area (Å²) in [7, 11) is -3.76. The molecule has 9 nitrogen and oxygen atoms in total. The van der Waals surface area contributed by atoms with Crippen LogP contribution in [-0.2, 0) is 24.3 Å². The van der Waals surface area contributed by atoms with Crippen LogP contribution in [0.15, 0.2) is 94.4 Å². The van der Waals surface area contributed by atoms with E-state index in [1.807, 2.05) is 54.6 Å². The van der Waals surface area contributed by atoms with Crippen molar-refractivity contribution < 1.29 is 22.7 Å². The van der Waals surface area contributed by atoms with E-state index in [0.29, 0.717) is 24.3 Å². The number of nitrogens with one attached hydrogen (secondary N) is 1. The molecule has 0 saturated carbocycles. The molecule has 1 amide bonds. The van der Waals surface area contributed by atoms with E-state index in [9.17, 15) is 18.0 Å². The number of esters is 1. The summed E-state index contributed by atoms with van der Waals surface area (Å²) in [5.74, 6) is -1.42. The Balaban J connectivity index is 1.45. The summed E-state index contributed by atoms with van der Waals surface area (Å²) < 4.78 is 34.7. The highest BCUT2D eigenvalue weighted by atomic mass is 79.9. The molecule has 0 spiro atoms. The molecule has 1 N–H and O–H groups in total. The van der Waals surface area contributed by atoms with Crippen LogP contribution in [0.1, 0.15) is 19.4 Å². The molecule has 0 fully saturated rings. The highest BCUT2D eigenvalue weighted by Gasteiger charge is 2.23. The van der Waals surface area contributed by atoms with Gasteiger partial charge in [-0.05, 0) is 48.5 Å². The molecule has 0 aliphatic carbocycles. The highest BCUT2D eigenvalue weighted by Crippen LogP contribution is 2.28. The Bertz CT molecular complexity index is 1700. The summed E-state index contributed by atoms with van der Waals surface area (Å²) >= 11 is 9.62. The van der Waals surface area contributed by atoms with Gasteiger partial charge in [-0.25, -0.2) is 17.9 Å². The topological polar surface area (TPSA) is 111 Å². The second-order valence-electron chi connectivity index (χ2n) is 8.94. The van der Waals surface area contributed by atoms with Crippen LogP contribution in [0.25, 0.3) is 23.0 Å². The lowest BCUT2D eigenvalue weighted by atomic mass is 10.1. The van der Waals surface area contributed by atoms with Crippen LogP contribution in [0, 0.1) is 0 Å². The summed E-state index contributed by atoms with van der Waals surface area (Å²) in [6, 6.07) is 21.2. The number of benzene rings is 3. The number of hydrogen-bond acceptors (Lipinski definition) is 6. The Morgan fingerprint density at radius 1 is 1.05 bits per heavy atom. The number of nitrogens with zero attached hydrogens (tertiary/aromatic N) is 3. The lowest BCUT2D eigenvalue weighted by Crippen LogP contribution is -2.30.